The van der Waals surface area contributed by atoms with Gasteiger partial charge in [-0.05, 0) is 25.5 Å². The maximum atomic E-state index is 13.5. The Morgan fingerprint density at radius 2 is 1.45 bits per heavy atom. The highest BCUT2D eigenvalue weighted by molar-refractivity contribution is 7.99. The first-order valence-electron chi connectivity index (χ1n) is 6.26. The molecule has 2 atom stereocenters. The minimum atomic E-state index is -2.13. The van der Waals surface area contributed by atoms with Crippen molar-refractivity contribution in [2.75, 3.05) is 11.6 Å². The Balaban J connectivity index is 2.25. The van der Waals surface area contributed by atoms with Gasteiger partial charge in [0.1, 0.15) is 5.69 Å². The quantitative estimate of drug-likeness (QED) is 0.502. The largest absolute Gasteiger partial charge is 0.377 e. The number of anilines is 1. The fraction of sp³-hybridized carbons (Fsp3) is 0.538. The molecule has 112 valence electrons. The van der Waals surface area contributed by atoms with Crippen molar-refractivity contribution in [3.05, 3.63) is 29.1 Å². The van der Waals surface area contributed by atoms with Crippen LogP contribution >= 0.6 is 11.8 Å². The molecule has 1 saturated carbocycles. The van der Waals surface area contributed by atoms with E-state index in [1.165, 1.54) is 0 Å². The molecule has 0 aromatic heterocycles. The van der Waals surface area contributed by atoms with E-state index in [0.717, 1.165) is 12.8 Å². The van der Waals surface area contributed by atoms with Gasteiger partial charge in [-0.1, -0.05) is 6.42 Å². The molecule has 0 bridgehead atoms. The second-order valence-corrected chi connectivity index (χ2v) is 5.95. The van der Waals surface area contributed by atoms with Crippen molar-refractivity contribution in [1.82, 2.24) is 0 Å². The SMILES string of the molecule is CSC1CCCC(Nc2c(F)c(F)c(F)c(F)c2F)C1. The van der Waals surface area contributed by atoms with Crippen LogP contribution in [0.2, 0.25) is 0 Å². The number of halogens is 5. The number of rotatable bonds is 3. The molecule has 2 rings (SSSR count). The molecule has 0 amide bonds. The molecule has 7 heteroatoms. The summed E-state index contributed by atoms with van der Waals surface area (Å²) in [5.74, 6) is -9.55. The standard InChI is InChI=1S/C13H14F5NS/c1-20-7-4-2-3-6(5-7)19-13-11(17)9(15)8(14)10(16)12(13)18/h6-7,19H,2-5H2,1H3. The number of thioether (sulfide) groups is 1. The van der Waals surface area contributed by atoms with Crippen molar-refractivity contribution in [2.24, 2.45) is 0 Å². The minimum absolute atomic E-state index is 0.283. The Kier molecular flexibility index (Phi) is 4.78. The third kappa shape index (κ3) is 2.87. The first-order chi connectivity index (χ1) is 9.45. The van der Waals surface area contributed by atoms with Crippen molar-refractivity contribution >= 4 is 17.4 Å². The average molecular weight is 311 g/mol. The molecule has 1 aliphatic rings. The van der Waals surface area contributed by atoms with Gasteiger partial charge in [-0.25, -0.2) is 22.0 Å². The Bertz CT molecular complexity index is 479. The second kappa shape index (κ2) is 6.20. The average Bonchev–Trinajstić information content (AvgIpc) is 2.48. The lowest BCUT2D eigenvalue weighted by Crippen LogP contribution is -2.29. The van der Waals surface area contributed by atoms with Crippen molar-refractivity contribution in [1.29, 1.82) is 0 Å². The molecule has 0 radical (unpaired) electrons. The predicted molar refractivity (Wildman–Crippen MR) is 69.4 cm³/mol. The van der Waals surface area contributed by atoms with Gasteiger partial charge in [-0.3, -0.25) is 0 Å². The molecule has 20 heavy (non-hydrogen) atoms. The highest BCUT2D eigenvalue weighted by atomic mass is 32.2. The lowest BCUT2D eigenvalue weighted by molar-refractivity contribution is 0.378. The number of nitrogens with one attached hydrogen (secondary N) is 1. The van der Waals surface area contributed by atoms with E-state index in [-0.39, 0.29) is 6.04 Å². The Hall–Kier alpha value is -0.980. The zero-order valence-electron chi connectivity index (χ0n) is 10.8. The van der Waals surface area contributed by atoms with Gasteiger partial charge in [0, 0.05) is 11.3 Å². The van der Waals surface area contributed by atoms with E-state index in [4.69, 9.17) is 0 Å². The summed E-state index contributed by atoms with van der Waals surface area (Å²) in [7, 11) is 0. The van der Waals surface area contributed by atoms with Gasteiger partial charge in [0.15, 0.2) is 23.3 Å². The molecule has 0 spiro atoms. The summed E-state index contributed by atoms with van der Waals surface area (Å²) >= 11 is 1.64. The van der Waals surface area contributed by atoms with Gasteiger partial charge < -0.3 is 5.32 Å². The van der Waals surface area contributed by atoms with Crippen molar-refractivity contribution < 1.29 is 22.0 Å². The molecule has 2 unspecified atom stereocenters. The zero-order chi connectivity index (χ0) is 14.9. The second-order valence-electron chi connectivity index (χ2n) is 4.81. The Morgan fingerprint density at radius 3 is 2.00 bits per heavy atom. The third-order valence-corrected chi connectivity index (χ3v) is 4.61. The zero-order valence-corrected chi connectivity index (χ0v) is 11.6. The molecule has 0 aliphatic heterocycles. The summed E-state index contributed by atoms with van der Waals surface area (Å²) in [6, 6.07) is -0.283. The van der Waals surface area contributed by atoms with Crippen LogP contribution in [0.25, 0.3) is 0 Å². The normalized spacial score (nSPS) is 22.9. The molecule has 1 N–H and O–H groups in total. The molecule has 1 fully saturated rings. The summed E-state index contributed by atoms with van der Waals surface area (Å²) in [6.45, 7) is 0. The van der Waals surface area contributed by atoms with Crippen LogP contribution in [0.4, 0.5) is 27.6 Å². The van der Waals surface area contributed by atoms with Gasteiger partial charge in [0.25, 0.3) is 0 Å². The van der Waals surface area contributed by atoms with E-state index in [2.05, 4.69) is 5.32 Å². The summed E-state index contributed by atoms with van der Waals surface area (Å²) in [5.41, 5.74) is -0.923. The van der Waals surface area contributed by atoms with Crippen molar-refractivity contribution in [2.45, 2.75) is 37.0 Å². The summed E-state index contributed by atoms with van der Waals surface area (Å²) < 4.78 is 66.2. The van der Waals surface area contributed by atoms with E-state index in [1.807, 2.05) is 6.26 Å². The maximum absolute atomic E-state index is 13.5. The van der Waals surface area contributed by atoms with Gasteiger partial charge in [0.2, 0.25) is 5.82 Å². The van der Waals surface area contributed by atoms with Crippen LogP contribution in [0.15, 0.2) is 0 Å². The molecular formula is C13H14F5NS. The lowest BCUT2D eigenvalue weighted by atomic mass is 9.94. The molecule has 1 nitrogen and oxygen atoms in total. The lowest BCUT2D eigenvalue weighted by Gasteiger charge is -2.29. The van der Waals surface area contributed by atoms with Crippen LogP contribution in [0, 0.1) is 29.1 Å². The Morgan fingerprint density at radius 1 is 0.900 bits per heavy atom. The highest BCUT2D eigenvalue weighted by Crippen LogP contribution is 2.32. The predicted octanol–water partition coefficient (Wildman–Crippen LogP) is 4.47. The molecule has 0 saturated heterocycles. The summed E-state index contributed by atoms with van der Waals surface area (Å²) in [6.07, 6.45) is 5.08. The van der Waals surface area contributed by atoms with Crippen LogP contribution in [-0.4, -0.2) is 17.5 Å². The van der Waals surface area contributed by atoms with Crippen molar-refractivity contribution in [3.63, 3.8) is 0 Å². The van der Waals surface area contributed by atoms with Gasteiger partial charge in [0.05, 0.1) is 0 Å². The summed E-state index contributed by atoms with van der Waals surface area (Å²) in [4.78, 5) is 0. The maximum Gasteiger partial charge on any atom is 0.200 e. The van der Waals surface area contributed by atoms with Gasteiger partial charge in [-0.15, -0.1) is 0 Å². The molecule has 0 heterocycles. The molecule has 1 aromatic rings. The third-order valence-electron chi connectivity index (χ3n) is 3.52. The van der Waals surface area contributed by atoms with Gasteiger partial charge in [-0.2, -0.15) is 11.8 Å². The van der Waals surface area contributed by atoms with Crippen molar-refractivity contribution in [3.8, 4) is 0 Å². The topological polar surface area (TPSA) is 12.0 Å². The van der Waals surface area contributed by atoms with E-state index >= 15 is 0 Å². The van der Waals surface area contributed by atoms with E-state index in [9.17, 15) is 22.0 Å². The van der Waals surface area contributed by atoms with Crippen LogP contribution < -0.4 is 5.32 Å². The van der Waals surface area contributed by atoms with E-state index in [0.29, 0.717) is 18.1 Å². The Labute approximate surface area is 117 Å². The monoisotopic (exact) mass is 311 g/mol. The van der Waals surface area contributed by atoms with Gasteiger partial charge >= 0.3 is 0 Å². The van der Waals surface area contributed by atoms with Crippen LogP contribution in [-0.2, 0) is 0 Å². The first-order valence-corrected chi connectivity index (χ1v) is 7.55. The first kappa shape index (κ1) is 15.4. The molecular weight excluding hydrogens is 297 g/mol. The number of benzene rings is 1. The highest BCUT2D eigenvalue weighted by Gasteiger charge is 2.28. The summed E-state index contributed by atoms with van der Waals surface area (Å²) in [5, 5.41) is 2.82. The van der Waals surface area contributed by atoms with Crippen LogP contribution in [0.1, 0.15) is 25.7 Å². The number of hydrogen-bond donors (Lipinski definition) is 1. The smallest absolute Gasteiger partial charge is 0.200 e. The number of hydrogen-bond acceptors (Lipinski definition) is 2. The van der Waals surface area contributed by atoms with Crippen LogP contribution in [0.3, 0.4) is 0 Å². The fourth-order valence-corrected chi connectivity index (χ4v) is 3.25. The molecule has 1 aromatic carbocycles. The van der Waals surface area contributed by atoms with Crippen LogP contribution in [0.5, 0.6) is 0 Å². The minimum Gasteiger partial charge on any atom is -0.377 e. The molecule has 1 aliphatic carbocycles. The van der Waals surface area contributed by atoms with E-state index in [1.54, 1.807) is 11.8 Å². The van der Waals surface area contributed by atoms with E-state index < -0.39 is 34.8 Å². The fourth-order valence-electron chi connectivity index (χ4n) is 2.43.